The topological polar surface area (TPSA) is 79.5 Å². The van der Waals surface area contributed by atoms with E-state index in [0.717, 1.165) is 11.5 Å². The van der Waals surface area contributed by atoms with Gasteiger partial charge >= 0.3 is 0 Å². The van der Waals surface area contributed by atoms with E-state index >= 15 is 0 Å². The molecule has 24 heavy (non-hydrogen) atoms. The Labute approximate surface area is 159 Å². The van der Waals surface area contributed by atoms with Crippen molar-refractivity contribution in [3.05, 3.63) is 70.8 Å². The van der Waals surface area contributed by atoms with E-state index in [0.29, 0.717) is 18.7 Å². The van der Waals surface area contributed by atoms with Gasteiger partial charge in [0.05, 0.1) is 0 Å². The first-order valence-electron chi connectivity index (χ1n) is 7.47. The number of amides is 1. The molecule has 2 aromatic carbocycles. The molecule has 0 unspecified atom stereocenters. The number of nitrogens with zero attached hydrogens (tertiary/aromatic N) is 1. The average molecular weight is 438 g/mol. The standard InChI is InChI=1S/C18H22N4O.HI/c1-13-3-5-14(6-4-13)11-21-18(20-2)22-12-15-7-9-16(10-8-15)17(19)23;/h3-10H,11-12H2,1-2H3,(H2,19,23)(H2,20,21,22);1H. The average Bonchev–Trinajstić information content (AvgIpc) is 2.57. The molecule has 4 N–H and O–H groups in total. The number of carbonyl (C=O) groups excluding carboxylic acids is 1. The lowest BCUT2D eigenvalue weighted by molar-refractivity contribution is 0.100. The lowest BCUT2D eigenvalue weighted by atomic mass is 10.1. The number of hydrogen-bond acceptors (Lipinski definition) is 2. The third-order valence-electron chi connectivity index (χ3n) is 3.50. The van der Waals surface area contributed by atoms with Crippen LogP contribution in [-0.2, 0) is 13.1 Å². The van der Waals surface area contributed by atoms with Gasteiger partial charge in [0.1, 0.15) is 0 Å². The Morgan fingerprint density at radius 2 is 1.42 bits per heavy atom. The number of aryl methyl sites for hydroxylation is 1. The van der Waals surface area contributed by atoms with E-state index in [1.165, 1.54) is 11.1 Å². The summed E-state index contributed by atoms with van der Waals surface area (Å²) in [6, 6.07) is 15.6. The maximum atomic E-state index is 11.0. The zero-order valence-electron chi connectivity index (χ0n) is 13.9. The summed E-state index contributed by atoms with van der Waals surface area (Å²) in [6.07, 6.45) is 0. The molecule has 0 aromatic heterocycles. The highest BCUT2D eigenvalue weighted by Gasteiger charge is 2.02. The minimum atomic E-state index is -0.417. The van der Waals surface area contributed by atoms with Crippen LogP contribution in [0.5, 0.6) is 0 Å². The third kappa shape index (κ3) is 6.19. The highest BCUT2D eigenvalue weighted by molar-refractivity contribution is 14.0. The molecule has 0 atom stereocenters. The van der Waals surface area contributed by atoms with Gasteiger partial charge in [-0.05, 0) is 30.2 Å². The Kier molecular flexibility index (Phi) is 8.25. The molecule has 0 heterocycles. The second kappa shape index (κ2) is 9.92. The SMILES string of the molecule is CN=C(NCc1ccc(C)cc1)NCc1ccc(C(N)=O)cc1.I. The summed E-state index contributed by atoms with van der Waals surface area (Å²) in [4.78, 5) is 15.2. The van der Waals surface area contributed by atoms with Crippen molar-refractivity contribution in [2.75, 3.05) is 7.05 Å². The molecule has 0 aliphatic rings. The number of guanidine groups is 1. The Balaban J connectivity index is 0.00000288. The van der Waals surface area contributed by atoms with Gasteiger partial charge in [-0.2, -0.15) is 0 Å². The van der Waals surface area contributed by atoms with Crippen molar-refractivity contribution in [1.82, 2.24) is 10.6 Å². The van der Waals surface area contributed by atoms with E-state index < -0.39 is 5.91 Å². The Bertz CT molecular complexity index is 681. The minimum Gasteiger partial charge on any atom is -0.366 e. The molecule has 2 rings (SSSR count). The number of rotatable bonds is 5. The molecule has 0 bridgehead atoms. The van der Waals surface area contributed by atoms with Crippen LogP contribution in [0.3, 0.4) is 0 Å². The highest BCUT2D eigenvalue weighted by atomic mass is 127. The minimum absolute atomic E-state index is 0. The first-order valence-corrected chi connectivity index (χ1v) is 7.47. The number of benzene rings is 2. The number of carbonyl (C=O) groups is 1. The van der Waals surface area contributed by atoms with Gasteiger partial charge in [-0.25, -0.2) is 0 Å². The summed E-state index contributed by atoms with van der Waals surface area (Å²) in [5, 5.41) is 6.51. The van der Waals surface area contributed by atoms with Gasteiger partial charge in [0, 0.05) is 25.7 Å². The van der Waals surface area contributed by atoms with Crippen molar-refractivity contribution in [3.8, 4) is 0 Å². The summed E-state index contributed by atoms with van der Waals surface area (Å²) in [6.45, 7) is 3.40. The molecular formula is C18H23IN4O. The third-order valence-corrected chi connectivity index (χ3v) is 3.50. The Hall–Kier alpha value is -2.09. The number of hydrogen-bond donors (Lipinski definition) is 3. The summed E-state index contributed by atoms with van der Waals surface area (Å²) < 4.78 is 0. The second-order valence-electron chi connectivity index (χ2n) is 5.33. The summed E-state index contributed by atoms with van der Waals surface area (Å²) >= 11 is 0. The molecule has 0 fully saturated rings. The molecule has 1 amide bonds. The van der Waals surface area contributed by atoms with E-state index in [9.17, 15) is 4.79 Å². The van der Waals surface area contributed by atoms with Crippen LogP contribution in [0.2, 0.25) is 0 Å². The van der Waals surface area contributed by atoms with E-state index in [1.54, 1.807) is 19.2 Å². The number of primary amides is 1. The van der Waals surface area contributed by atoms with E-state index in [4.69, 9.17) is 5.73 Å². The largest absolute Gasteiger partial charge is 0.366 e. The summed E-state index contributed by atoms with van der Waals surface area (Å²) in [7, 11) is 1.74. The van der Waals surface area contributed by atoms with Gasteiger partial charge < -0.3 is 16.4 Å². The first kappa shape index (κ1) is 20.0. The van der Waals surface area contributed by atoms with Crippen LogP contribution in [0, 0.1) is 6.92 Å². The molecule has 128 valence electrons. The van der Waals surface area contributed by atoms with Gasteiger partial charge in [-0.1, -0.05) is 42.0 Å². The van der Waals surface area contributed by atoms with Gasteiger partial charge in [0.2, 0.25) is 5.91 Å². The van der Waals surface area contributed by atoms with E-state index in [-0.39, 0.29) is 24.0 Å². The zero-order valence-corrected chi connectivity index (χ0v) is 16.2. The first-order chi connectivity index (χ1) is 11.1. The quantitative estimate of drug-likeness (QED) is 0.382. The van der Waals surface area contributed by atoms with E-state index in [1.807, 2.05) is 12.1 Å². The Morgan fingerprint density at radius 1 is 0.958 bits per heavy atom. The Morgan fingerprint density at radius 3 is 1.83 bits per heavy atom. The van der Waals surface area contributed by atoms with Crippen LogP contribution in [0.25, 0.3) is 0 Å². The lowest BCUT2D eigenvalue weighted by Crippen LogP contribution is -2.36. The van der Waals surface area contributed by atoms with Crippen molar-refractivity contribution in [2.24, 2.45) is 10.7 Å². The maximum Gasteiger partial charge on any atom is 0.248 e. The molecule has 2 aromatic rings. The van der Waals surface area contributed by atoms with Crippen LogP contribution in [-0.4, -0.2) is 18.9 Å². The molecule has 0 radical (unpaired) electrons. The van der Waals surface area contributed by atoms with Crippen LogP contribution in [0.15, 0.2) is 53.5 Å². The normalized spacial score (nSPS) is 10.7. The number of nitrogens with two attached hydrogens (primary N) is 1. The number of aliphatic imine (C=N–C) groups is 1. The van der Waals surface area contributed by atoms with Crippen molar-refractivity contribution in [3.63, 3.8) is 0 Å². The van der Waals surface area contributed by atoms with Crippen molar-refractivity contribution in [1.29, 1.82) is 0 Å². The number of nitrogens with one attached hydrogen (secondary N) is 2. The highest BCUT2D eigenvalue weighted by Crippen LogP contribution is 2.04. The molecule has 5 nitrogen and oxygen atoms in total. The molecule has 0 saturated carbocycles. The predicted octanol–water partition coefficient (Wildman–Crippen LogP) is 2.58. The van der Waals surface area contributed by atoms with E-state index in [2.05, 4.69) is 46.8 Å². The van der Waals surface area contributed by atoms with Crippen LogP contribution in [0.1, 0.15) is 27.0 Å². The predicted molar refractivity (Wildman–Crippen MR) is 109 cm³/mol. The van der Waals surface area contributed by atoms with Crippen molar-refractivity contribution >= 4 is 35.8 Å². The monoisotopic (exact) mass is 438 g/mol. The molecular weight excluding hydrogens is 415 g/mol. The number of halogens is 1. The second-order valence-corrected chi connectivity index (χ2v) is 5.33. The van der Waals surface area contributed by atoms with Crippen LogP contribution in [0.4, 0.5) is 0 Å². The summed E-state index contributed by atoms with van der Waals surface area (Å²) in [5.74, 6) is 0.310. The lowest BCUT2D eigenvalue weighted by Gasteiger charge is -2.12. The van der Waals surface area contributed by atoms with Gasteiger partial charge in [0.15, 0.2) is 5.96 Å². The molecule has 0 aliphatic carbocycles. The molecule has 6 heteroatoms. The zero-order chi connectivity index (χ0) is 16.7. The van der Waals surface area contributed by atoms with Crippen molar-refractivity contribution in [2.45, 2.75) is 20.0 Å². The van der Waals surface area contributed by atoms with Gasteiger partial charge in [-0.15, -0.1) is 24.0 Å². The molecule has 0 aliphatic heterocycles. The fourth-order valence-corrected chi connectivity index (χ4v) is 2.08. The van der Waals surface area contributed by atoms with Gasteiger partial charge in [0.25, 0.3) is 0 Å². The van der Waals surface area contributed by atoms with Crippen LogP contribution < -0.4 is 16.4 Å². The fourth-order valence-electron chi connectivity index (χ4n) is 2.08. The smallest absolute Gasteiger partial charge is 0.248 e. The maximum absolute atomic E-state index is 11.0. The molecule has 0 spiro atoms. The summed E-state index contributed by atoms with van der Waals surface area (Å²) in [5.41, 5.74) is 9.23. The van der Waals surface area contributed by atoms with Crippen molar-refractivity contribution < 1.29 is 4.79 Å². The fraction of sp³-hybridized carbons (Fsp3) is 0.222. The van der Waals surface area contributed by atoms with Gasteiger partial charge in [-0.3, -0.25) is 9.79 Å². The molecule has 0 saturated heterocycles. The van der Waals surface area contributed by atoms with Crippen LogP contribution >= 0.6 is 24.0 Å².